The van der Waals surface area contributed by atoms with Gasteiger partial charge in [0.05, 0.1) is 6.61 Å². The lowest BCUT2D eigenvalue weighted by Gasteiger charge is -2.15. The molecule has 0 fully saturated rings. The minimum atomic E-state index is -0.799. The number of aliphatic hydroxyl groups is 2. The molecule has 6 heteroatoms. The number of carbonyl (C=O) groups is 2. The summed E-state index contributed by atoms with van der Waals surface area (Å²) in [6.07, 6.45) is 46.2. The number of ether oxygens (including phenoxy) is 2. The van der Waals surface area contributed by atoms with Gasteiger partial charge in [-0.05, 0) is 63.7 Å². The molecule has 0 bridgehead atoms. The Bertz CT molecular complexity index is 859. The highest BCUT2D eigenvalue weighted by Crippen LogP contribution is 2.15. The van der Waals surface area contributed by atoms with E-state index in [0.717, 1.165) is 76.5 Å². The van der Waals surface area contributed by atoms with Crippen molar-refractivity contribution in [2.75, 3.05) is 19.8 Å². The third-order valence-corrected chi connectivity index (χ3v) is 8.86. The zero-order valence-electron chi connectivity index (χ0n) is 32.5. The van der Waals surface area contributed by atoms with E-state index in [9.17, 15) is 14.7 Å². The highest BCUT2D eigenvalue weighted by Gasteiger charge is 2.16. The minimum absolute atomic E-state index is 0.101. The number of unbranched alkanes of at least 4 members (excludes halogenated alkanes) is 18. The Morgan fingerprint density at radius 3 is 1.40 bits per heavy atom. The van der Waals surface area contributed by atoms with Gasteiger partial charge in [-0.15, -0.1) is 0 Å². The van der Waals surface area contributed by atoms with Crippen LogP contribution in [0.2, 0.25) is 0 Å². The fraction of sp³-hybridized carbons (Fsp3) is 0.773. The topological polar surface area (TPSA) is 93.1 Å². The van der Waals surface area contributed by atoms with E-state index >= 15 is 0 Å². The van der Waals surface area contributed by atoms with E-state index in [1.54, 1.807) is 0 Å². The molecule has 0 aliphatic carbocycles. The van der Waals surface area contributed by atoms with Gasteiger partial charge in [0.15, 0.2) is 6.10 Å². The summed E-state index contributed by atoms with van der Waals surface area (Å²) in [5.74, 6) is 0.181. The number of esters is 2. The molecule has 0 aliphatic heterocycles. The number of hydrogen-bond donors (Lipinski definition) is 2. The average Bonchev–Trinajstić information content (AvgIpc) is 3.10. The summed E-state index contributed by atoms with van der Waals surface area (Å²) < 4.78 is 10.6. The smallest absolute Gasteiger partial charge is 0.306 e. The first-order valence-corrected chi connectivity index (χ1v) is 20.7. The second kappa shape index (κ2) is 39.6. The molecule has 0 radical (unpaired) electrons. The zero-order valence-corrected chi connectivity index (χ0v) is 32.5. The predicted molar refractivity (Wildman–Crippen MR) is 211 cm³/mol. The molecule has 290 valence electrons. The Balaban J connectivity index is 3.62. The summed E-state index contributed by atoms with van der Waals surface area (Å²) in [6, 6.07) is 0. The number of hydrogen-bond acceptors (Lipinski definition) is 6. The lowest BCUT2D eigenvalue weighted by Crippen LogP contribution is -2.28. The summed E-state index contributed by atoms with van der Waals surface area (Å²) >= 11 is 0. The third-order valence-electron chi connectivity index (χ3n) is 8.86. The van der Waals surface area contributed by atoms with Crippen LogP contribution >= 0.6 is 0 Å². The van der Waals surface area contributed by atoms with E-state index in [0.29, 0.717) is 25.9 Å². The molecule has 1 atom stereocenters. The fourth-order valence-corrected chi connectivity index (χ4v) is 5.71. The largest absolute Gasteiger partial charge is 0.462 e. The van der Waals surface area contributed by atoms with E-state index in [-0.39, 0.29) is 25.2 Å². The van der Waals surface area contributed by atoms with Gasteiger partial charge in [0, 0.05) is 19.4 Å². The first-order chi connectivity index (χ1) is 24.5. The summed E-state index contributed by atoms with van der Waals surface area (Å²) in [5, 5.41) is 18.3. The van der Waals surface area contributed by atoms with Crippen molar-refractivity contribution in [3.8, 4) is 0 Å². The lowest BCUT2D eigenvalue weighted by atomic mass is 10.0. The standard InChI is InChI=1S/C44H78O6/c1-41(2)35-31-27-23-19-15-11-7-6-9-13-17-21-25-29-33-37-44(48)50-42(39-46)40-49-43(47)36-32-28-24-20-16-12-8-4-3-5-10-14-18-22-26-30-34-38-45/h3,5,8,12,14,18,20,24,41-42,45-46H,4,6-7,9-11,13,15-17,19,21-23,25-40H2,1-2H3/b5-3-,12-8-,18-14-,24-20-/t42-/m0/s1. The summed E-state index contributed by atoms with van der Waals surface area (Å²) in [6.45, 7) is 4.47. The molecule has 0 aromatic heterocycles. The van der Waals surface area contributed by atoms with Gasteiger partial charge >= 0.3 is 11.9 Å². The molecular formula is C44H78O6. The number of allylic oxidation sites excluding steroid dienone is 8. The highest BCUT2D eigenvalue weighted by molar-refractivity contribution is 5.70. The second-order valence-electron chi connectivity index (χ2n) is 14.3. The van der Waals surface area contributed by atoms with Crippen LogP contribution in [0.1, 0.15) is 187 Å². The van der Waals surface area contributed by atoms with Crippen LogP contribution in [-0.2, 0) is 19.1 Å². The van der Waals surface area contributed by atoms with E-state index < -0.39 is 6.10 Å². The van der Waals surface area contributed by atoms with Gasteiger partial charge in [0.1, 0.15) is 6.61 Å². The van der Waals surface area contributed by atoms with Gasteiger partial charge in [-0.2, -0.15) is 0 Å². The van der Waals surface area contributed by atoms with E-state index in [2.05, 4.69) is 62.5 Å². The van der Waals surface area contributed by atoms with Crippen molar-refractivity contribution >= 4 is 11.9 Å². The Hall–Kier alpha value is -2.18. The molecule has 50 heavy (non-hydrogen) atoms. The molecule has 0 amide bonds. The van der Waals surface area contributed by atoms with Crippen LogP contribution in [-0.4, -0.2) is 48.1 Å². The molecule has 6 nitrogen and oxygen atoms in total. The van der Waals surface area contributed by atoms with Crippen molar-refractivity contribution in [1.82, 2.24) is 0 Å². The van der Waals surface area contributed by atoms with Crippen LogP contribution in [0.25, 0.3) is 0 Å². The molecule has 0 aromatic carbocycles. The van der Waals surface area contributed by atoms with Crippen molar-refractivity contribution < 1.29 is 29.3 Å². The molecule has 2 N–H and O–H groups in total. The monoisotopic (exact) mass is 703 g/mol. The minimum Gasteiger partial charge on any atom is -0.462 e. The number of carbonyl (C=O) groups excluding carboxylic acids is 2. The van der Waals surface area contributed by atoms with Gasteiger partial charge < -0.3 is 19.7 Å². The van der Waals surface area contributed by atoms with Crippen LogP contribution in [0.5, 0.6) is 0 Å². The van der Waals surface area contributed by atoms with Crippen molar-refractivity contribution in [3.05, 3.63) is 48.6 Å². The fourth-order valence-electron chi connectivity index (χ4n) is 5.71. The Morgan fingerprint density at radius 2 is 0.920 bits per heavy atom. The maximum absolute atomic E-state index is 12.2. The maximum atomic E-state index is 12.2. The molecule has 0 aromatic rings. The van der Waals surface area contributed by atoms with Gasteiger partial charge in [0.2, 0.25) is 0 Å². The molecule has 0 aliphatic rings. The van der Waals surface area contributed by atoms with Gasteiger partial charge in [-0.25, -0.2) is 0 Å². The number of aliphatic hydroxyl groups excluding tert-OH is 2. The van der Waals surface area contributed by atoms with Crippen molar-refractivity contribution in [2.45, 2.75) is 193 Å². The predicted octanol–water partition coefficient (Wildman–Crippen LogP) is 11.8. The second-order valence-corrected chi connectivity index (χ2v) is 14.3. The van der Waals surface area contributed by atoms with Crippen molar-refractivity contribution in [2.24, 2.45) is 5.92 Å². The molecular weight excluding hydrogens is 624 g/mol. The van der Waals surface area contributed by atoms with Crippen LogP contribution in [0.3, 0.4) is 0 Å². The Morgan fingerprint density at radius 1 is 0.500 bits per heavy atom. The maximum Gasteiger partial charge on any atom is 0.306 e. The zero-order chi connectivity index (χ0) is 36.6. The normalized spacial score (nSPS) is 12.7. The van der Waals surface area contributed by atoms with Crippen molar-refractivity contribution in [3.63, 3.8) is 0 Å². The average molecular weight is 703 g/mol. The first-order valence-electron chi connectivity index (χ1n) is 20.7. The van der Waals surface area contributed by atoms with Crippen molar-refractivity contribution in [1.29, 1.82) is 0 Å². The van der Waals surface area contributed by atoms with Gasteiger partial charge in [-0.1, -0.05) is 165 Å². The summed E-state index contributed by atoms with van der Waals surface area (Å²) in [5.41, 5.74) is 0. The molecule has 0 heterocycles. The highest BCUT2D eigenvalue weighted by atomic mass is 16.6. The summed E-state index contributed by atoms with van der Waals surface area (Å²) in [7, 11) is 0. The Labute approximate surface area is 308 Å². The molecule has 0 saturated heterocycles. The lowest BCUT2D eigenvalue weighted by molar-refractivity contribution is -0.161. The molecule has 0 saturated carbocycles. The Kier molecular flexibility index (Phi) is 37.9. The quantitative estimate of drug-likeness (QED) is 0.0380. The molecule has 0 unspecified atom stereocenters. The molecule has 0 spiro atoms. The van der Waals surface area contributed by atoms with E-state index in [4.69, 9.17) is 14.6 Å². The molecule has 0 rings (SSSR count). The van der Waals surface area contributed by atoms with Crippen LogP contribution < -0.4 is 0 Å². The van der Waals surface area contributed by atoms with Crippen LogP contribution in [0.15, 0.2) is 48.6 Å². The third kappa shape index (κ3) is 38.6. The van der Waals surface area contributed by atoms with E-state index in [1.165, 1.54) is 83.5 Å². The van der Waals surface area contributed by atoms with Gasteiger partial charge in [0.25, 0.3) is 0 Å². The van der Waals surface area contributed by atoms with E-state index in [1.807, 2.05) is 0 Å². The summed E-state index contributed by atoms with van der Waals surface area (Å²) in [4.78, 5) is 24.3. The first kappa shape index (κ1) is 47.8. The SMILES string of the molecule is CC(C)CCCCCCCCCCCCCCCCCC(=O)O[C@@H](CO)COC(=O)CCC/C=C\C/C=C\C/C=C\C/C=C\CCCCCO. The van der Waals surface area contributed by atoms with Gasteiger partial charge in [-0.3, -0.25) is 9.59 Å². The van der Waals surface area contributed by atoms with Crippen LogP contribution in [0.4, 0.5) is 0 Å². The number of rotatable bonds is 37. The van der Waals surface area contributed by atoms with Crippen LogP contribution in [0, 0.1) is 5.92 Å².